The summed E-state index contributed by atoms with van der Waals surface area (Å²) < 4.78 is 26.7. The Morgan fingerprint density at radius 1 is 1.07 bits per heavy atom. The third-order valence-corrected chi connectivity index (χ3v) is 7.45. The van der Waals surface area contributed by atoms with E-state index in [-0.39, 0.29) is 10.8 Å². The van der Waals surface area contributed by atoms with Crippen LogP contribution < -0.4 is 4.90 Å². The standard InChI is InChI=1S/C22H28N2O3S/c1-5-23(6-2)28(26,27)19-11-9-18(10-12-19)22(25)24-13-7-8-20-17(4)14-16(3)15-21(20)24/h9-12,14-15H,5-8,13H2,1-4H3. The zero-order valence-corrected chi connectivity index (χ0v) is 17.8. The van der Waals surface area contributed by atoms with Gasteiger partial charge in [0.2, 0.25) is 10.0 Å². The van der Waals surface area contributed by atoms with Crippen molar-refractivity contribution in [3.05, 3.63) is 58.7 Å². The van der Waals surface area contributed by atoms with Crippen LogP contribution in [0, 0.1) is 13.8 Å². The zero-order valence-electron chi connectivity index (χ0n) is 17.0. The smallest absolute Gasteiger partial charge is 0.258 e. The van der Waals surface area contributed by atoms with Crippen LogP contribution in [0.3, 0.4) is 0 Å². The molecule has 0 N–H and O–H groups in total. The highest BCUT2D eigenvalue weighted by molar-refractivity contribution is 7.89. The van der Waals surface area contributed by atoms with Crippen molar-refractivity contribution in [1.29, 1.82) is 0 Å². The number of amides is 1. The molecule has 1 heterocycles. The van der Waals surface area contributed by atoms with E-state index in [4.69, 9.17) is 0 Å². The van der Waals surface area contributed by atoms with Crippen molar-refractivity contribution in [3.8, 4) is 0 Å². The van der Waals surface area contributed by atoms with Crippen LogP contribution in [0.25, 0.3) is 0 Å². The largest absolute Gasteiger partial charge is 0.308 e. The first-order chi connectivity index (χ1) is 13.3. The number of hydrogen-bond acceptors (Lipinski definition) is 3. The molecule has 150 valence electrons. The lowest BCUT2D eigenvalue weighted by Gasteiger charge is -2.31. The molecule has 3 rings (SSSR count). The van der Waals surface area contributed by atoms with Crippen LogP contribution in [0.15, 0.2) is 41.3 Å². The lowest BCUT2D eigenvalue weighted by atomic mass is 9.94. The van der Waals surface area contributed by atoms with E-state index in [2.05, 4.69) is 19.1 Å². The van der Waals surface area contributed by atoms with Crippen molar-refractivity contribution in [2.24, 2.45) is 0 Å². The Morgan fingerprint density at radius 2 is 1.71 bits per heavy atom. The van der Waals surface area contributed by atoms with Crippen molar-refractivity contribution < 1.29 is 13.2 Å². The third-order valence-electron chi connectivity index (χ3n) is 5.38. The molecule has 0 fully saturated rings. The molecule has 0 saturated carbocycles. The summed E-state index contributed by atoms with van der Waals surface area (Å²) in [6, 6.07) is 10.5. The highest BCUT2D eigenvalue weighted by Gasteiger charge is 2.26. The highest BCUT2D eigenvalue weighted by Crippen LogP contribution is 2.32. The molecule has 0 spiro atoms. The first-order valence-electron chi connectivity index (χ1n) is 9.81. The second-order valence-electron chi connectivity index (χ2n) is 7.25. The van der Waals surface area contributed by atoms with E-state index in [0.717, 1.165) is 24.1 Å². The Morgan fingerprint density at radius 3 is 2.32 bits per heavy atom. The van der Waals surface area contributed by atoms with Crippen molar-refractivity contribution >= 4 is 21.6 Å². The van der Waals surface area contributed by atoms with Crippen molar-refractivity contribution in [2.75, 3.05) is 24.5 Å². The van der Waals surface area contributed by atoms with Gasteiger partial charge in [-0.2, -0.15) is 4.31 Å². The van der Waals surface area contributed by atoms with Gasteiger partial charge in [0.25, 0.3) is 5.91 Å². The normalized spacial score (nSPS) is 14.2. The van der Waals surface area contributed by atoms with Gasteiger partial charge in [0.1, 0.15) is 0 Å². The number of benzene rings is 2. The van der Waals surface area contributed by atoms with Gasteiger partial charge in [-0.15, -0.1) is 0 Å². The Hall–Kier alpha value is -2.18. The van der Waals surface area contributed by atoms with E-state index in [1.807, 2.05) is 25.7 Å². The summed E-state index contributed by atoms with van der Waals surface area (Å²) in [4.78, 5) is 15.2. The third kappa shape index (κ3) is 3.71. The maximum atomic E-state index is 13.2. The lowest BCUT2D eigenvalue weighted by molar-refractivity contribution is 0.0985. The second-order valence-corrected chi connectivity index (χ2v) is 9.19. The quantitative estimate of drug-likeness (QED) is 0.764. The Kier molecular flexibility index (Phi) is 5.91. The molecule has 1 amide bonds. The number of carbonyl (C=O) groups excluding carboxylic acids is 1. The molecule has 0 unspecified atom stereocenters. The van der Waals surface area contributed by atoms with E-state index < -0.39 is 10.0 Å². The topological polar surface area (TPSA) is 57.7 Å². The molecular weight excluding hydrogens is 372 g/mol. The minimum atomic E-state index is -3.52. The maximum Gasteiger partial charge on any atom is 0.258 e. The van der Waals surface area contributed by atoms with Crippen LogP contribution in [-0.4, -0.2) is 38.3 Å². The molecule has 1 aliphatic rings. The van der Waals surface area contributed by atoms with Gasteiger partial charge < -0.3 is 4.90 Å². The van der Waals surface area contributed by atoms with Crippen LogP contribution in [0.4, 0.5) is 5.69 Å². The summed E-state index contributed by atoms with van der Waals surface area (Å²) >= 11 is 0. The van der Waals surface area contributed by atoms with Crippen LogP contribution in [0.1, 0.15) is 47.3 Å². The number of carbonyl (C=O) groups is 1. The van der Waals surface area contributed by atoms with E-state index >= 15 is 0 Å². The molecule has 0 bridgehead atoms. The fourth-order valence-corrected chi connectivity index (χ4v) is 5.38. The van der Waals surface area contributed by atoms with Crippen LogP contribution in [0.5, 0.6) is 0 Å². The molecule has 0 atom stereocenters. The van der Waals surface area contributed by atoms with Gasteiger partial charge in [-0.3, -0.25) is 4.79 Å². The van der Waals surface area contributed by atoms with Crippen LogP contribution >= 0.6 is 0 Å². The highest BCUT2D eigenvalue weighted by atomic mass is 32.2. The number of anilines is 1. The Bertz CT molecular complexity index is 978. The number of hydrogen-bond donors (Lipinski definition) is 0. The number of aryl methyl sites for hydroxylation is 2. The summed E-state index contributed by atoms with van der Waals surface area (Å²) in [5.41, 5.74) is 5.06. The molecule has 0 aromatic heterocycles. The SMILES string of the molecule is CCN(CC)S(=O)(=O)c1ccc(C(=O)N2CCCc3c(C)cc(C)cc32)cc1. The van der Waals surface area contributed by atoms with Gasteiger partial charge in [0.15, 0.2) is 0 Å². The van der Waals surface area contributed by atoms with E-state index in [0.29, 0.717) is 25.2 Å². The number of sulfonamides is 1. The molecular formula is C22H28N2O3S. The second kappa shape index (κ2) is 8.05. The van der Waals surface area contributed by atoms with Gasteiger partial charge in [-0.1, -0.05) is 19.9 Å². The predicted octanol–water partition coefficient (Wildman–Crippen LogP) is 3.93. The first kappa shape index (κ1) is 20.6. The van der Waals surface area contributed by atoms with Gasteiger partial charge >= 0.3 is 0 Å². The zero-order chi connectivity index (χ0) is 20.5. The summed E-state index contributed by atoms with van der Waals surface area (Å²) in [6.45, 7) is 9.28. The minimum absolute atomic E-state index is 0.0854. The molecule has 2 aromatic carbocycles. The van der Waals surface area contributed by atoms with Gasteiger partial charge in [0.05, 0.1) is 4.90 Å². The first-order valence-corrected chi connectivity index (χ1v) is 11.3. The van der Waals surface area contributed by atoms with Crippen LogP contribution in [0.2, 0.25) is 0 Å². The minimum Gasteiger partial charge on any atom is -0.308 e. The van der Waals surface area contributed by atoms with Crippen molar-refractivity contribution in [1.82, 2.24) is 4.31 Å². The number of nitrogens with zero attached hydrogens (tertiary/aromatic N) is 2. The summed E-state index contributed by atoms with van der Waals surface area (Å²) in [7, 11) is -3.52. The van der Waals surface area contributed by atoms with E-state index in [1.165, 1.54) is 27.6 Å². The van der Waals surface area contributed by atoms with Gasteiger partial charge in [-0.05, 0) is 73.7 Å². The van der Waals surface area contributed by atoms with E-state index in [1.54, 1.807) is 12.1 Å². The lowest BCUT2D eigenvalue weighted by Crippen LogP contribution is -2.36. The monoisotopic (exact) mass is 400 g/mol. The molecule has 1 aliphatic heterocycles. The molecule has 5 nitrogen and oxygen atoms in total. The molecule has 0 radical (unpaired) electrons. The summed E-state index contributed by atoms with van der Waals surface area (Å²) in [6.07, 6.45) is 1.91. The molecule has 2 aromatic rings. The maximum absolute atomic E-state index is 13.2. The Labute approximate surface area is 168 Å². The van der Waals surface area contributed by atoms with Crippen molar-refractivity contribution in [2.45, 2.75) is 45.4 Å². The number of rotatable bonds is 5. The average Bonchev–Trinajstić information content (AvgIpc) is 2.68. The summed E-state index contributed by atoms with van der Waals surface area (Å²) in [5, 5.41) is 0. The molecule has 28 heavy (non-hydrogen) atoms. The molecule has 0 aliphatic carbocycles. The average molecular weight is 401 g/mol. The Balaban J connectivity index is 1.92. The van der Waals surface area contributed by atoms with Gasteiger partial charge in [0, 0.05) is 30.9 Å². The van der Waals surface area contributed by atoms with E-state index in [9.17, 15) is 13.2 Å². The summed E-state index contributed by atoms with van der Waals surface area (Å²) in [5.74, 6) is -0.0854. The van der Waals surface area contributed by atoms with Crippen LogP contribution in [-0.2, 0) is 16.4 Å². The fraction of sp³-hybridized carbons (Fsp3) is 0.409. The fourth-order valence-electron chi connectivity index (χ4n) is 3.92. The number of fused-ring (bicyclic) bond motifs is 1. The molecule has 0 saturated heterocycles. The predicted molar refractivity (Wildman–Crippen MR) is 112 cm³/mol. The molecule has 6 heteroatoms. The van der Waals surface area contributed by atoms with Gasteiger partial charge in [-0.25, -0.2) is 8.42 Å². The van der Waals surface area contributed by atoms with Crippen molar-refractivity contribution in [3.63, 3.8) is 0 Å².